The van der Waals surface area contributed by atoms with Crippen molar-refractivity contribution < 1.29 is 8.78 Å². The Labute approximate surface area is 97.7 Å². The Morgan fingerprint density at radius 1 is 1.35 bits per heavy atom. The third kappa shape index (κ3) is 2.19. The van der Waals surface area contributed by atoms with Gasteiger partial charge in [0.25, 0.3) is 0 Å². The van der Waals surface area contributed by atoms with E-state index in [9.17, 15) is 8.78 Å². The molecule has 1 aromatic carbocycles. The maximum Gasteiger partial charge on any atom is 0.131 e. The van der Waals surface area contributed by atoms with Gasteiger partial charge < -0.3 is 5.73 Å². The summed E-state index contributed by atoms with van der Waals surface area (Å²) in [6, 6.07) is 3.38. The maximum absolute atomic E-state index is 13.7. The number of aryl methyl sites for hydroxylation is 1. The van der Waals surface area contributed by atoms with Gasteiger partial charge in [0, 0.05) is 23.2 Å². The molecule has 5 heteroatoms. The summed E-state index contributed by atoms with van der Waals surface area (Å²) in [6.07, 6.45) is 0.523. The van der Waals surface area contributed by atoms with Crippen molar-refractivity contribution in [3.63, 3.8) is 0 Å². The van der Waals surface area contributed by atoms with Crippen molar-refractivity contribution in [1.82, 2.24) is 10.2 Å². The molecule has 0 aliphatic carbocycles. The molecular weight excluding hydrogens is 224 g/mol. The van der Waals surface area contributed by atoms with E-state index in [1.54, 1.807) is 6.92 Å². The van der Waals surface area contributed by atoms with Crippen LogP contribution in [0.25, 0.3) is 11.1 Å². The van der Waals surface area contributed by atoms with Crippen LogP contribution in [0.3, 0.4) is 0 Å². The monoisotopic (exact) mass is 237 g/mol. The fraction of sp³-hybridized carbons (Fsp3) is 0.250. The third-order valence-electron chi connectivity index (χ3n) is 2.60. The van der Waals surface area contributed by atoms with Crippen LogP contribution in [0.2, 0.25) is 0 Å². The smallest absolute Gasteiger partial charge is 0.131 e. The number of hydrogen-bond acceptors (Lipinski definition) is 2. The van der Waals surface area contributed by atoms with Gasteiger partial charge in [-0.3, -0.25) is 5.10 Å². The van der Waals surface area contributed by atoms with Crippen molar-refractivity contribution in [3.8, 4) is 11.1 Å². The molecule has 0 saturated heterocycles. The second-order valence-corrected chi connectivity index (χ2v) is 3.83. The molecule has 2 aromatic rings. The third-order valence-corrected chi connectivity index (χ3v) is 2.60. The Morgan fingerprint density at radius 2 is 2.12 bits per heavy atom. The summed E-state index contributed by atoms with van der Waals surface area (Å²) in [5.41, 5.74) is 7.66. The second-order valence-electron chi connectivity index (χ2n) is 3.83. The summed E-state index contributed by atoms with van der Waals surface area (Å²) >= 11 is 0. The van der Waals surface area contributed by atoms with Crippen molar-refractivity contribution in [2.24, 2.45) is 5.73 Å². The molecule has 0 bridgehead atoms. The number of rotatable bonds is 3. The van der Waals surface area contributed by atoms with Crippen LogP contribution < -0.4 is 5.73 Å². The minimum atomic E-state index is -0.472. The predicted molar refractivity (Wildman–Crippen MR) is 61.4 cm³/mol. The van der Waals surface area contributed by atoms with Crippen LogP contribution in [-0.4, -0.2) is 16.7 Å². The van der Waals surface area contributed by atoms with E-state index in [1.807, 2.05) is 0 Å². The first-order chi connectivity index (χ1) is 8.13. The van der Waals surface area contributed by atoms with E-state index in [4.69, 9.17) is 5.73 Å². The van der Waals surface area contributed by atoms with Crippen LogP contribution in [0.1, 0.15) is 11.4 Å². The highest BCUT2D eigenvalue weighted by atomic mass is 19.1. The van der Waals surface area contributed by atoms with Crippen LogP contribution >= 0.6 is 0 Å². The van der Waals surface area contributed by atoms with Crippen molar-refractivity contribution in [3.05, 3.63) is 41.2 Å². The maximum atomic E-state index is 13.7. The van der Waals surface area contributed by atoms with Crippen LogP contribution in [0.4, 0.5) is 8.78 Å². The van der Waals surface area contributed by atoms with E-state index in [1.165, 1.54) is 6.07 Å². The predicted octanol–water partition coefficient (Wildman–Crippen LogP) is 2.16. The van der Waals surface area contributed by atoms with Crippen LogP contribution in [-0.2, 0) is 6.42 Å². The molecule has 3 N–H and O–H groups in total. The lowest BCUT2D eigenvalue weighted by Crippen LogP contribution is -2.04. The first kappa shape index (κ1) is 11.7. The molecule has 17 heavy (non-hydrogen) atoms. The number of nitrogens with zero attached hydrogens (tertiary/aromatic N) is 1. The molecule has 0 fully saturated rings. The molecular formula is C12H13F2N3. The molecule has 2 rings (SSSR count). The highest BCUT2D eigenvalue weighted by molar-refractivity contribution is 5.69. The lowest BCUT2D eigenvalue weighted by Gasteiger charge is -2.05. The summed E-state index contributed by atoms with van der Waals surface area (Å²) in [4.78, 5) is 0. The van der Waals surface area contributed by atoms with Crippen molar-refractivity contribution in [2.75, 3.05) is 6.54 Å². The Kier molecular flexibility index (Phi) is 3.19. The zero-order chi connectivity index (χ0) is 12.4. The van der Waals surface area contributed by atoms with Gasteiger partial charge in [-0.05, 0) is 31.7 Å². The lowest BCUT2D eigenvalue weighted by molar-refractivity contribution is 0.603. The minimum absolute atomic E-state index is 0.222. The van der Waals surface area contributed by atoms with E-state index >= 15 is 0 Å². The molecule has 0 aliphatic rings. The van der Waals surface area contributed by atoms with Crippen LogP contribution in [0, 0.1) is 18.6 Å². The van der Waals surface area contributed by atoms with Gasteiger partial charge in [0.2, 0.25) is 0 Å². The number of nitrogens with one attached hydrogen (secondary N) is 1. The summed E-state index contributed by atoms with van der Waals surface area (Å²) in [6.45, 7) is 2.18. The molecule has 0 unspecified atom stereocenters. The van der Waals surface area contributed by atoms with Crippen molar-refractivity contribution in [1.29, 1.82) is 0 Å². The van der Waals surface area contributed by atoms with Gasteiger partial charge in [-0.2, -0.15) is 5.10 Å². The lowest BCUT2D eigenvalue weighted by atomic mass is 10.0. The molecule has 0 aliphatic heterocycles. The van der Waals surface area contributed by atoms with Gasteiger partial charge in [0.1, 0.15) is 11.6 Å². The Hall–Kier alpha value is -1.75. The van der Waals surface area contributed by atoms with E-state index in [-0.39, 0.29) is 5.56 Å². The molecule has 0 spiro atoms. The number of nitrogens with two attached hydrogens (primary N) is 1. The van der Waals surface area contributed by atoms with Gasteiger partial charge in [0.05, 0.1) is 5.69 Å². The molecule has 0 atom stereocenters. The Balaban J connectivity index is 2.58. The number of aromatic amines is 1. The highest BCUT2D eigenvalue weighted by Gasteiger charge is 2.16. The summed E-state index contributed by atoms with van der Waals surface area (Å²) < 4.78 is 26.9. The van der Waals surface area contributed by atoms with E-state index in [2.05, 4.69) is 10.2 Å². The summed E-state index contributed by atoms with van der Waals surface area (Å²) in [5, 5.41) is 6.83. The average Bonchev–Trinajstić information content (AvgIpc) is 2.64. The quantitative estimate of drug-likeness (QED) is 0.859. The van der Waals surface area contributed by atoms with Gasteiger partial charge in [-0.1, -0.05) is 0 Å². The Bertz CT molecular complexity index is 535. The molecule has 90 valence electrons. The number of halogens is 2. The van der Waals surface area contributed by atoms with Gasteiger partial charge in [-0.25, -0.2) is 8.78 Å². The summed E-state index contributed by atoms with van der Waals surface area (Å²) in [7, 11) is 0. The number of aromatic nitrogens is 2. The molecule has 3 nitrogen and oxygen atoms in total. The van der Waals surface area contributed by atoms with Crippen molar-refractivity contribution >= 4 is 0 Å². The fourth-order valence-electron chi connectivity index (χ4n) is 1.84. The first-order valence-electron chi connectivity index (χ1n) is 5.33. The molecule has 0 saturated carbocycles. The van der Waals surface area contributed by atoms with Crippen LogP contribution in [0.15, 0.2) is 18.2 Å². The number of H-pyrrole nitrogens is 1. The summed E-state index contributed by atoms with van der Waals surface area (Å²) in [5.74, 6) is -0.935. The van der Waals surface area contributed by atoms with E-state index < -0.39 is 11.6 Å². The fourth-order valence-corrected chi connectivity index (χ4v) is 1.84. The minimum Gasteiger partial charge on any atom is -0.330 e. The molecule has 0 radical (unpaired) electrons. The number of benzene rings is 1. The van der Waals surface area contributed by atoms with Gasteiger partial charge >= 0.3 is 0 Å². The SMILES string of the molecule is Cc1[nH]nc(CCN)c1-c1cc(F)ccc1F. The number of hydrogen-bond donors (Lipinski definition) is 2. The first-order valence-corrected chi connectivity index (χ1v) is 5.33. The average molecular weight is 237 g/mol. The largest absolute Gasteiger partial charge is 0.330 e. The second kappa shape index (κ2) is 4.63. The van der Waals surface area contributed by atoms with E-state index in [0.717, 1.165) is 12.1 Å². The zero-order valence-corrected chi connectivity index (χ0v) is 9.43. The zero-order valence-electron chi connectivity index (χ0n) is 9.43. The molecule has 1 heterocycles. The van der Waals surface area contributed by atoms with Gasteiger partial charge in [-0.15, -0.1) is 0 Å². The van der Waals surface area contributed by atoms with Crippen LogP contribution in [0.5, 0.6) is 0 Å². The molecule has 1 aromatic heterocycles. The normalized spacial score (nSPS) is 10.8. The standard InChI is InChI=1S/C12H13F2N3/c1-7-12(11(4-5-15)17-16-7)9-6-8(13)2-3-10(9)14/h2-3,6H,4-5,15H2,1H3,(H,16,17). The van der Waals surface area contributed by atoms with Gasteiger partial charge in [0.15, 0.2) is 0 Å². The van der Waals surface area contributed by atoms with Crippen molar-refractivity contribution in [2.45, 2.75) is 13.3 Å². The topological polar surface area (TPSA) is 54.7 Å². The Morgan fingerprint density at radius 3 is 2.82 bits per heavy atom. The van der Waals surface area contributed by atoms with E-state index in [0.29, 0.717) is 29.9 Å². The highest BCUT2D eigenvalue weighted by Crippen LogP contribution is 2.29. The molecule has 0 amide bonds.